The maximum atomic E-state index is 5.65. The standard InChI is InChI=1S/C14H17N3S2/c1-8(2)12-7-19-14(17-12)16-10-4-5-11(13(15)18)9(3)6-10/h4-8H,1-3H3,(H2,15,18)(H,16,17). The van der Waals surface area contributed by atoms with Crippen molar-refractivity contribution < 1.29 is 0 Å². The van der Waals surface area contributed by atoms with Crippen LogP contribution in [-0.4, -0.2) is 9.97 Å². The Hall–Kier alpha value is -1.46. The van der Waals surface area contributed by atoms with E-state index in [4.69, 9.17) is 18.0 Å². The summed E-state index contributed by atoms with van der Waals surface area (Å²) in [6, 6.07) is 5.94. The zero-order valence-electron chi connectivity index (χ0n) is 11.2. The van der Waals surface area contributed by atoms with Gasteiger partial charge >= 0.3 is 0 Å². The molecule has 2 rings (SSSR count). The fourth-order valence-electron chi connectivity index (χ4n) is 1.75. The molecule has 0 spiro atoms. The molecule has 0 radical (unpaired) electrons. The number of nitrogens with zero attached hydrogens (tertiary/aromatic N) is 1. The summed E-state index contributed by atoms with van der Waals surface area (Å²) < 4.78 is 0. The molecule has 0 atom stereocenters. The van der Waals surface area contributed by atoms with Gasteiger partial charge in [0.15, 0.2) is 5.13 Å². The summed E-state index contributed by atoms with van der Waals surface area (Å²) >= 11 is 6.62. The number of thiocarbonyl (C=S) groups is 1. The van der Waals surface area contributed by atoms with E-state index in [0.717, 1.165) is 27.6 Å². The van der Waals surface area contributed by atoms with E-state index in [1.165, 1.54) is 0 Å². The Morgan fingerprint density at radius 1 is 1.42 bits per heavy atom. The van der Waals surface area contributed by atoms with Gasteiger partial charge in [0.1, 0.15) is 4.99 Å². The number of nitrogens with two attached hydrogens (primary N) is 1. The highest BCUT2D eigenvalue weighted by Crippen LogP contribution is 2.25. The largest absolute Gasteiger partial charge is 0.389 e. The minimum absolute atomic E-state index is 0.431. The van der Waals surface area contributed by atoms with Crippen LogP contribution in [0.25, 0.3) is 0 Å². The first kappa shape index (κ1) is 14.0. The van der Waals surface area contributed by atoms with Crippen molar-refractivity contribution in [2.75, 3.05) is 5.32 Å². The van der Waals surface area contributed by atoms with Crippen molar-refractivity contribution in [3.05, 3.63) is 40.4 Å². The first-order valence-corrected chi connectivity index (χ1v) is 7.39. The molecule has 0 unspecified atom stereocenters. The van der Waals surface area contributed by atoms with E-state index in [0.29, 0.717) is 10.9 Å². The number of aryl methyl sites for hydroxylation is 1. The molecule has 0 fully saturated rings. The van der Waals surface area contributed by atoms with Crippen LogP contribution in [0.1, 0.15) is 36.6 Å². The van der Waals surface area contributed by atoms with E-state index < -0.39 is 0 Å². The molecule has 0 bridgehead atoms. The third-order valence-corrected chi connectivity index (χ3v) is 3.85. The van der Waals surface area contributed by atoms with Crippen LogP contribution in [0.15, 0.2) is 23.6 Å². The third-order valence-electron chi connectivity index (χ3n) is 2.86. The smallest absolute Gasteiger partial charge is 0.187 e. The van der Waals surface area contributed by atoms with Crippen LogP contribution in [0.2, 0.25) is 0 Å². The van der Waals surface area contributed by atoms with Crippen LogP contribution >= 0.6 is 23.6 Å². The van der Waals surface area contributed by atoms with E-state index in [1.807, 2.05) is 25.1 Å². The van der Waals surface area contributed by atoms with Crippen LogP contribution in [0.5, 0.6) is 0 Å². The number of hydrogen-bond acceptors (Lipinski definition) is 4. The van der Waals surface area contributed by atoms with Crippen molar-refractivity contribution in [1.29, 1.82) is 0 Å². The molecular weight excluding hydrogens is 274 g/mol. The van der Waals surface area contributed by atoms with Gasteiger partial charge in [-0.3, -0.25) is 0 Å². The maximum Gasteiger partial charge on any atom is 0.187 e. The lowest BCUT2D eigenvalue weighted by Crippen LogP contribution is -2.11. The Kier molecular flexibility index (Phi) is 4.17. The van der Waals surface area contributed by atoms with Gasteiger partial charge in [-0.1, -0.05) is 26.1 Å². The summed E-state index contributed by atoms with van der Waals surface area (Å²) in [7, 11) is 0. The predicted octanol–water partition coefficient (Wildman–Crippen LogP) is 3.95. The molecule has 0 aliphatic heterocycles. The Labute approximate surface area is 122 Å². The molecule has 19 heavy (non-hydrogen) atoms. The van der Waals surface area contributed by atoms with Gasteiger partial charge in [0.05, 0.1) is 5.69 Å². The fourth-order valence-corrected chi connectivity index (χ4v) is 2.87. The second-order valence-electron chi connectivity index (χ2n) is 4.75. The van der Waals surface area contributed by atoms with Gasteiger partial charge in [0, 0.05) is 16.6 Å². The summed E-state index contributed by atoms with van der Waals surface area (Å²) in [6.07, 6.45) is 0. The lowest BCUT2D eigenvalue weighted by molar-refractivity contribution is 0.834. The van der Waals surface area contributed by atoms with E-state index in [9.17, 15) is 0 Å². The average molecular weight is 291 g/mol. The first-order valence-electron chi connectivity index (χ1n) is 6.10. The molecule has 100 valence electrons. The summed E-state index contributed by atoms with van der Waals surface area (Å²) in [5.41, 5.74) is 9.76. The van der Waals surface area contributed by atoms with Crippen molar-refractivity contribution in [2.24, 2.45) is 5.73 Å². The van der Waals surface area contributed by atoms with Crippen molar-refractivity contribution in [1.82, 2.24) is 4.98 Å². The predicted molar refractivity (Wildman–Crippen MR) is 86.6 cm³/mol. The summed E-state index contributed by atoms with van der Waals surface area (Å²) in [6.45, 7) is 6.28. The highest BCUT2D eigenvalue weighted by Gasteiger charge is 2.07. The second kappa shape index (κ2) is 5.67. The summed E-state index contributed by atoms with van der Waals surface area (Å²) in [5.74, 6) is 0.450. The zero-order chi connectivity index (χ0) is 14.0. The highest BCUT2D eigenvalue weighted by molar-refractivity contribution is 7.80. The molecule has 1 aromatic carbocycles. The van der Waals surface area contributed by atoms with Crippen molar-refractivity contribution in [2.45, 2.75) is 26.7 Å². The zero-order valence-corrected chi connectivity index (χ0v) is 12.9. The highest BCUT2D eigenvalue weighted by atomic mass is 32.1. The van der Waals surface area contributed by atoms with E-state index >= 15 is 0 Å². The molecule has 2 aromatic rings. The lowest BCUT2D eigenvalue weighted by atomic mass is 10.1. The molecule has 3 N–H and O–H groups in total. The summed E-state index contributed by atoms with van der Waals surface area (Å²) in [5, 5.41) is 6.30. The number of benzene rings is 1. The van der Waals surface area contributed by atoms with E-state index in [1.54, 1.807) is 11.3 Å². The number of rotatable bonds is 4. The molecule has 0 amide bonds. The molecule has 1 heterocycles. The van der Waals surface area contributed by atoms with Gasteiger partial charge in [0.2, 0.25) is 0 Å². The van der Waals surface area contributed by atoms with Gasteiger partial charge in [-0.25, -0.2) is 4.98 Å². The van der Waals surface area contributed by atoms with Crippen molar-refractivity contribution in [3.8, 4) is 0 Å². The molecule has 1 aromatic heterocycles. The lowest BCUT2D eigenvalue weighted by Gasteiger charge is -2.08. The minimum atomic E-state index is 0.431. The Morgan fingerprint density at radius 2 is 2.16 bits per heavy atom. The van der Waals surface area contributed by atoms with Crippen LogP contribution < -0.4 is 11.1 Å². The van der Waals surface area contributed by atoms with Gasteiger partial charge in [-0.2, -0.15) is 0 Å². The Bertz CT molecular complexity index is 602. The van der Waals surface area contributed by atoms with Crippen molar-refractivity contribution >= 4 is 39.4 Å². The first-order chi connectivity index (χ1) is 8.97. The summed E-state index contributed by atoms with van der Waals surface area (Å²) in [4.78, 5) is 4.98. The Morgan fingerprint density at radius 3 is 2.68 bits per heavy atom. The van der Waals surface area contributed by atoms with Gasteiger partial charge < -0.3 is 11.1 Å². The molecule has 0 saturated carbocycles. The Balaban J connectivity index is 2.19. The number of anilines is 2. The van der Waals surface area contributed by atoms with Crippen LogP contribution in [0, 0.1) is 6.92 Å². The third kappa shape index (κ3) is 3.30. The van der Waals surface area contributed by atoms with Gasteiger partial charge in [-0.15, -0.1) is 11.3 Å². The van der Waals surface area contributed by atoms with Gasteiger partial charge in [-0.05, 0) is 36.6 Å². The normalized spacial score (nSPS) is 10.7. The number of thiazole rings is 1. The second-order valence-corrected chi connectivity index (χ2v) is 6.05. The quantitative estimate of drug-likeness (QED) is 0.837. The maximum absolute atomic E-state index is 5.65. The molecular formula is C14H17N3S2. The van der Waals surface area contributed by atoms with Gasteiger partial charge in [0.25, 0.3) is 0 Å². The number of nitrogens with one attached hydrogen (secondary N) is 1. The molecule has 0 aliphatic rings. The monoisotopic (exact) mass is 291 g/mol. The van der Waals surface area contributed by atoms with Crippen LogP contribution in [0.3, 0.4) is 0 Å². The van der Waals surface area contributed by atoms with E-state index in [-0.39, 0.29) is 0 Å². The number of aromatic nitrogens is 1. The topological polar surface area (TPSA) is 50.9 Å². The minimum Gasteiger partial charge on any atom is -0.389 e. The molecule has 0 saturated heterocycles. The van der Waals surface area contributed by atoms with Crippen LogP contribution in [-0.2, 0) is 0 Å². The SMILES string of the molecule is Cc1cc(Nc2nc(C(C)C)cs2)ccc1C(N)=S. The molecule has 0 aliphatic carbocycles. The van der Waals surface area contributed by atoms with E-state index in [2.05, 4.69) is 29.5 Å². The van der Waals surface area contributed by atoms with Crippen molar-refractivity contribution in [3.63, 3.8) is 0 Å². The average Bonchev–Trinajstić information content (AvgIpc) is 2.77. The van der Waals surface area contributed by atoms with Crippen LogP contribution in [0.4, 0.5) is 10.8 Å². The number of hydrogen-bond donors (Lipinski definition) is 2. The fraction of sp³-hybridized carbons (Fsp3) is 0.286. The molecule has 5 heteroatoms. The molecule has 3 nitrogen and oxygen atoms in total.